The highest BCUT2D eigenvalue weighted by Gasteiger charge is 2.19. The van der Waals surface area contributed by atoms with Crippen LogP contribution in [0.5, 0.6) is 0 Å². The number of rotatable bonds is 6. The molecule has 0 saturated heterocycles. The van der Waals surface area contributed by atoms with Gasteiger partial charge < -0.3 is 5.32 Å². The van der Waals surface area contributed by atoms with Crippen LogP contribution in [0.4, 0.5) is 0 Å². The molecule has 27 heavy (non-hydrogen) atoms. The summed E-state index contributed by atoms with van der Waals surface area (Å²) in [7, 11) is 0. The molecule has 3 aromatic rings. The van der Waals surface area contributed by atoms with Crippen molar-refractivity contribution in [2.75, 3.05) is 6.54 Å². The Bertz CT molecular complexity index is 1010. The molecule has 0 aliphatic heterocycles. The second-order valence-corrected chi connectivity index (χ2v) is 7.66. The van der Waals surface area contributed by atoms with Crippen molar-refractivity contribution in [3.05, 3.63) is 67.6 Å². The van der Waals surface area contributed by atoms with E-state index in [1.165, 1.54) is 21.6 Å². The van der Waals surface area contributed by atoms with Crippen molar-refractivity contribution in [3.8, 4) is 5.13 Å². The first-order chi connectivity index (χ1) is 12.9. The number of H-pyrrole nitrogens is 1. The molecule has 0 saturated carbocycles. The van der Waals surface area contributed by atoms with Crippen molar-refractivity contribution in [1.82, 2.24) is 20.1 Å². The molecule has 0 aliphatic rings. The second kappa shape index (κ2) is 7.92. The average Bonchev–Trinajstić information content (AvgIpc) is 3.16. The highest BCUT2D eigenvalue weighted by molar-refractivity contribution is 7.16. The van der Waals surface area contributed by atoms with Gasteiger partial charge >= 0.3 is 0 Å². The third kappa shape index (κ3) is 4.03. The molecule has 1 aromatic carbocycles. The van der Waals surface area contributed by atoms with Gasteiger partial charge in [0.05, 0.1) is 5.69 Å². The number of nitrogens with one attached hydrogen (secondary N) is 2. The van der Waals surface area contributed by atoms with Gasteiger partial charge in [0.25, 0.3) is 11.5 Å². The van der Waals surface area contributed by atoms with Crippen molar-refractivity contribution in [2.24, 2.45) is 0 Å². The number of thiazole rings is 1. The maximum atomic E-state index is 12.9. The number of benzene rings is 1. The predicted octanol–water partition coefficient (Wildman–Crippen LogP) is 3.28. The lowest BCUT2D eigenvalue weighted by atomic mass is 10.0. The minimum Gasteiger partial charge on any atom is -0.351 e. The van der Waals surface area contributed by atoms with Gasteiger partial charge in [0.15, 0.2) is 0 Å². The topological polar surface area (TPSA) is 79.8 Å². The Morgan fingerprint density at radius 1 is 1.22 bits per heavy atom. The Labute approximate surface area is 162 Å². The molecule has 0 spiro atoms. The largest absolute Gasteiger partial charge is 0.351 e. The van der Waals surface area contributed by atoms with Gasteiger partial charge in [-0.1, -0.05) is 48.1 Å². The maximum absolute atomic E-state index is 12.9. The lowest BCUT2D eigenvalue weighted by Crippen LogP contribution is -2.23. The van der Waals surface area contributed by atoms with Crippen LogP contribution in [0, 0.1) is 20.8 Å². The van der Waals surface area contributed by atoms with Gasteiger partial charge in [-0.05, 0) is 32.8 Å². The van der Waals surface area contributed by atoms with Gasteiger partial charge in [0.2, 0.25) is 5.13 Å². The third-order valence-corrected chi connectivity index (χ3v) is 5.55. The first-order valence-corrected chi connectivity index (χ1v) is 9.84. The van der Waals surface area contributed by atoms with E-state index in [9.17, 15) is 9.59 Å². The SMILES string of the molecule is CCCNC(=O)c1sc(-n2[nH]c(C)c(Cc3ccc(C)cc3)c2=O)nc1C. The lowest BCUT2D eigenvalue weighted by molar-refractivity contribution is 0.0957. The number of hydrogen-bond donors (Lipinski definition) is 2. The molecule has 142 valence electrons. The van der Waals surface area contributed by atoms with Gasteiger partial charge in [-0.25, -0.2) is 4.98 Å². The van der Waals surface area contributed by atoms with Crippen molar-refractivity contribution in [1.29, 1.82) is 0 Å². The van der Waals surface area contributed by atoms with Crippen molar-refractivity contribution in [2.45, 2.75) is 40.5 Å². The summed E-state index contributed by atoms with van der Waals surface area (Å²) >= 11 is 1.22. The molecule has 2 N–H and O–H groups in total. The van der Waals surface area contributed by atoms with Crippen LogP contribution in [0.1, 0.15) is 51.1 Å². The number of nitrogens with zero attached hydrogens (tertiary/aromatic N) is 2. The molecule has 0 unspecified atom stereocenters. The van der Waals surface area contributed by atoms with E-state index in [1.807, 2.05) is 45.0 Å². The first kappa shape index (κ1) is 19.1. The zero-order chi connectivity index (χ0) is 19.6. The van der Waals surface area contributed by atoms with Gasteiger partial charge in [-0.3, -0.25) is 14.7 Å². The zero-order valence-corrected chi connectivity index (χ0v) is 16.9. The van der Waals surface area contributed by atoms with E-state index in [4.69, 9.17) is 0 Å². The number of amides is 1. The summed E-state index contributed by atoms with van der Waals surface area (Å²) in [4.78, 5) is 30.2. The first-order valence-electron chi connectivity index (χ1n) is 9.02. The summed E-state index contributed by atoms with van der Waals surface area (Å²) in [6.07, 6.45) is 1.43. The van der Waals surface area contributed by atoms with Crippen LogP contribution in [0.15, 0.2) is 29.1 Å². The molecule has 0 aliphatic carbocycles. The molecule has 7 heteroatoms. The van der Waals surface area contributed by atoms with Gasteiger partial charge in [0.1, 0.15) is 4.88 Å². The highest BCUT2D eigenvalue weighted by Crippen LogP contribution is 2.21. The van der Waals surface area contributed by atoms with Gasteiger partial charge in [-0.15, -0.1) is 0 Å². The van der Waals surface area contributed by atoms with E-state index < -0.39 is 0 Å². The number of carbonyl (C=O) groups is 1. The van der Waals surface area contributed by atoms with E-state index in [0.29, 0.717) is 34.2 Å². The van der Waals surface area contributed by atoms with Gasteiger partial charge in [0, 0.05) is 24.2 Å². The molecular weight excluding hydrogens is 360 g/mol. The predicted molar refractivity (Wildman–Crippen MR) is 108 cm³/mol. The van der Waals surface area contributed by atoms with E-state index in [1.54, 1.807) is 6.92 Å². The average molecular weight is 385 g/mol. The Hall–Kier alpha value is -2.67. The van der Waals surface area contributed by atoms with Crippen LogP contribution in [0.3, 0.4) is 0 Å². The van der Waals surface area contributed by atoms with E-state index in [-0.39, 0.29) is 11.5 Å². The molecular formula is C20H24N4O2S. The number of hydrogen-bond acceptors (Lipinski definition) is 4. The second-order valence-electron chi connectivity index (χ2n) is 6.69. The fraction of sp³-hybridized carbons (Fsp3) is 0.350. The lowest BCUT2D eigenvalue weighted by Gasteiger charge is -2.00. The summed E-state index contributed by atoms with van der Waals surface area (Å²) in [6.45, 7) is 8.33. The summed E-state index contributed by atoms with van der Waals surface area (Å²) in [5.41, 5.74) is 4.30. The fourth-order valence-corrected chi connectivity index (χ4v) is 3.78. The quantitative estimate of drug-likeness (QED) is 0.684. The molecule has 0 bridgehead atoms. The molecule has 0 radical (unpaired) electrons. The molecule has 0 atom stereocenters. The van der Waals surface area contributed by atoms with Crippen LogP contribution in [-0.4, -0.2) is 27.2 Å². The zero-order valence-electron chi connectivity index (χ0n) is 16.0. The summed E-state index contributed by atoms with van der Waals surface area (Å²) in [5, 5.41) is 6.44. The summed E-state index contributed by atoms with van der Waals surface area (Å²) < 4.78 is 1.44. The standard InChI is InChI=1S/C20H24N4O2S/c1-5-10-21-18(25)17-14(4)22-20(27-17)24-19(26)16(13(3)23-24)11-15-8-6-12(2)7-9-15/h6-9,23H,5,10-11H2,1-4H3,(H,21,25). The van der Waals surface area contributed by atoms with Crippen LogP contribution in [0.2, 0.25) is 0 Å². The van der Waals surface area contributed by atoms with E-state index >= 15 is 0 Å². The minimum atomic E-state index is -0.144. The summed E-state index contributed by atoms with van der Waals surface area (Å²) in [5.74, 6) is -0.144. The van der Waals surface area contributed by atoms with E-state index in [0.717, 1.165) is 17.7 Å². The Kier molecular flexibility index (Phi) is 5.60. The van der Waals surface area contributed by atoms with Crippen LogP contribution < -0.4 is 10.9 Å². The Morgan fingerprint density at radius 2 is 1.93 bits per heavy atom. The molecule has 6 nitrogen and oxygen atoms in total. The van der Waals surface area contributed by atoms with Crippen LogP contribution in [-0.2, 0) is 6.42 Å². The summed E-state index contributed by atoms with van der Waals surface area (Å²) in [6, 6.07) is 8.16. The third-order valence-electron chi connectivity index (χ3n) is 4.41. The minimum absolute atomic E-state index is 0.123. The monoisotopic (exact) mass is 384 g/mol. The van der Waals surface area contributed by atoms with Gasteiger partial charge in [-0.2, -0.15) is 4.68 Å². The number of aryl methyl sites for hydroxylation is 3. The molecule has 2 aromatic heterocycles. The Morgan fingerprint density at radius 3 is 2.59 bits per heavy atom. The maximum Gasteiger partial charge on any atom is 0.277 e. The fourth-order valence-electron chi connectivity index (χ4n) is 2.84. The normalized spacial score (nSPS) is 11.0. The number of aromatic amines is 1. The number of carbonyl (C=O) groups excluding carboxylic acids is 1. The van der Waals surface area contributed by atoms with E-state index in [2.05, 4.69) is 15.4 Å². The Balaban J connectivity index is 1.91. The smallest absolute Gasteiger partial charge is 0.277 e. The molecule has 3 rings (SSSR count). The van der Waals surface area contributed by atoms with Crippen molar-refractivity contribution in [3.63, 3.8) is 0 Å². The molecule has 1 amide bonds. The highest BCUT2D eigenvalue weighted by atomic mass is 32.1. The van der Waals surface area contributed by atoms with Crippen LogP contribution in [0.25, 0.3) is 5.13 Å². The van der Waals surface area contributed by atoms with Crippen molar-refractivity contribution >= 4 is 17.2 Å². The van der Waals surface area contributed by atoms with Crippen LogP contribution >= 0.6 is 11.3 Å². The number of aromatic nitrogens is 3. The molecule has 2 heterocycles. The molecule has 0 fully saturated rings. The van der Waals surface area contributed by atoms with Crippen molar-refractivity contribution < 1.29 is 4.79 Å².